The van der Waals surface area contributed by atoms with Crippen LogP contribution < -0.4 is 21.3 Å². The minimum atomic E-state index is -0.461. The zero-order valence-corrected chi connectivity index (χ0v) is 19.0. The molecule has 4 N–H and O–H groups in total. The van der Waals surface area contributed by atoms with Gasteiger partial charge in [0.1, 0.15) is 22.8 Å². The van der Waals surface area contributed by atoms with E-state index in [2.05, 4.69) is 26.3 Å². The summed E-state index contributed by atoms with van der Waals surface area (Å²) in [5.74, 6) is -1.40. The van der Waals surface area contributed by atoms with Crippen molar-refractivity contribution in [3.05, 3.63) is 77.6 Å². The lowest BCUT2D eigenvalue weighted by molar-refractivity contribution is 0.0914. The molecular weight excluding hydrogens is 438 g/mol. The molecule has 4 amide bonds. The summed E-state index contributed by atoms with van der Waals surface area (Å²) in [6.45, 7) is 0.886. The van der Waals surface area contributed by atoms with Crippen LogP contribution in [0.25, 0.3) is 0 Å². The van der Waals surface area contributed by atoms with Crippen molar-refractivity contribution in [3.8, 4) is 0 Å². The summed E-state index contributed by atoms with van der Waals surface area (Å²) in [6, 6.07) is 11.5. The molecule has 0 saturated carbocycles. The standard InChI is InChI=1S/C23H27N7O4/c1-29-14-4-8-18(29)22(33)26-12-10-24-20(31)16-6-3-7-17(28-16)21(32)25-11-13-27-23(34)19-9-5-15-30(19)2/h3-9,14-15H,10-13H2,1-2H3,(H,24,31)(H,25,32)(H,26,33)(H,27,34). The molecule has 11 heteroatoms. The number of carbonyl (C=O) groups excluding carboxylic acids is 4. The summed E-state index contributed by atoms with van der Waals surface area (Å²) < 4.78 is 3.40. The smallest absolute Gasteiger partial charge is 0.269 e. The topological polar surface area (TPSA) is 139 Å². The maximum atomic E-state index is 12.4. The molecule has 0 aliphatic carbocycles. The average Bonchev–Trinajstić information content (AvgIpc) is 3.47. The number of nitrogens with one attached hydrogen (secondary N) is 4. The van der Waals surface area contributed by atoms with Crippen molar-refractivity contribution in [3.63, 3.8) is 0 Å². The fourth-order valence-electron chi connectivity index (χ4n) is 3.15. The average molecular weight is 466 g/mol. The Morgan fingerprint density at radius 2 is 1.00 bits per heavy atom. The highest BCUT2D eigenvalue weighted by molar-refractivity contribution is 5.96. The molecule has 0 fully saturated rings. The van der Waals surface area contributed by atoms with Gasteiger partial charge in [-0.3, -0.25) is 19.2 Å². The molecule has 0 aliphatic rings. The molecular formula is C23H27N7O4. The summed E-state index contributed by atoms with van der Waals surface area (Å²) in [7, 11) is 3.54. The van der Waals surface area contributed by atoms with E-state index in [4.69, 9.17) is 0 Å². The number of nitrogens with zero attached hydrogens (tertiary/aromatic N) is 3. The van der Waals surface area contributed by atoms with Gasteiger partial charge in [0.25, 0.3) is 23.6 Å². The van der Waals surface area contributed by atoms with E-state index in [1.54, 1.807) is 66.0 Å². The van der Waals surface area contributed by atoms with E-state index in [1.807, 2.05) is 0 Å². The highest BCUT2D eigenvalue weighted by atomic mass is 16.2. The van der Waals surface area contributed by atoms with E-state index in [0.717, 1.165) is 0 Å². The molecule has 0 aliphatic heterocycles. The predicted octanol–water partition coefficient (Wildman–Crippen LogP) is 0.0782. The molecule has 3 aromatic rings. The van der Waals surface area contributed by atoms with Crippen LogP contribution >= 0.6 is 0 Å². The van der Waals surface area contributed by atoms with Gasteiger partial charge >= 0.3 is 0 Å². The van der Waals surface area contributed by atoms with Gasteiger partial charge in [0.2, 0.25) is 0 Å². The van der Waals surface area contributed by atoms with E-state index in [9.17, 15) is 19.2 Å². The number of hydrogen-bond acceptors (Lipinski definition) is 5. The minimum absolute atomic E-state index is 0.0819. The highest BCUT2D eigenvalue weighted by Crippen LogP contribution is 2.01. The zero-order chi connectivity index (χ0) is 24.5. The molecule has 0 saturated heterocycles. The monoisotopic (exact) mass is 465 g/mol. The molecule has 3 aromatic heterocycles. The fraction of sp³-hybridized carbons (Fsp3) is 0.261. The molecule has 0 radical (unpaired) electrons. The van der Waals surface area contributed by atoms with Gasteiger partial charge in [0.05, 0.1) is 0 Å². The van der Waals surface area contributed by atoms with Crippen LogP contribution in [0.2, 0.25) is 0 Å². The fourth-order valence-corrected chi connectivity index (χ4v) is 3.15. The summed E-state index contributed by atoms with van der Waals surface area (Å²) >= 11 is 0. The zero-order valence-electron chi connectivity index (χ0n) is 19.0. The van der Waals surface area contributed by atoms with Crippen molar-refractivity contribution in [1.82, 2.24) is 35.4 Å². The van der Waals surface area contributed by atoms with Crippen LogP contribution in [0.5, 0.6) is 0 Å². The molecule has 0 atom stereocenters. The molecule has 178 valence electrons. The Kier molecular flexibility index (Phi) is 8.16. The Morgan fingerprint density at radius 1 is 0.618 bits per heavy atom. The van der Waals surface area contributed by atoms with Crippen molar-refractivity contribution < 1.29 is 19.2 Å². The van der Waals surface area contributed by atoms with E-state index < -0.39 is 11.8 Å². The van der Waals surface area contributed by atoms with Gasteiger partial charge in [-0.15, -0.1) is 0 Å². The van der Waals surface area contributed by atoms with Crippen LogP contribution in [0.3, 0.4) is 0 Å². The second kappa shape index (κ2) is 11.5. The normalized spacial score (nSPS) is 10.4. The van der Waals surface area contributed by atoms with Crippen LogP contribution in [0, 0.1) is 0 Å². The van der Waals surface area contributed by atoms with E-state index in [1.165, 1.54) is 12.1 Å². The van der Waals surface area contributed by atoms with Crippen LogP contribution in [0.4, 0.5) is 0 Å². The lowest BCUT2D eigenvalue weighted by Gasteiger charge is -2.09. The third-order valence-corrected chi connectivity index (χ3v) is 4.96. The Labute approximate surface area is 196 Å². The summed E-state index contributed by atoms with van der Waals surface area (Å²) in [4.78, 5) is 52.9. The van der Waals surface area contributed by atoms with E-state index in [0.29, 0.717) is 11.4 Å². The third kappa shape index (κ3) is 6.31. The number of aryl methyl sites for hydroxylation is 2. The highest BCUT2D eigenvalue weighted by Gasteiger charge is 2.13. The number of rotatable bonds is 10. The Balaban J connectivity index is 1.40. The van der Waals surface area contributed by atoms with Gasteiger partial charge in [-0.1, -0.05) is 6.07 Å². The van der Waals surface area contributed by atoms with Crippen molar-refractivity contribution in [1.29, 1.82) is 0 Å². The van der Waals surface area contributed by atoms with E-state index in [-0.39, 0.29) is 49.4 Å². The van der Waals surface area contributed by atoms with E-state index >= 15 is 0 Å². The molecule has 34 heavy (non-hydrogen) atoms. The molecule has 11 nitrogen and oxygen atoms in total. The Morgan fingerprint density at radius 3 is 1.35 bits per heavy atom. The third-order valence-electron chi connectivity index (χ3n) is 4.96. The first-order valence-corrected chi connectivity index (χ1v) is 10.7. The number of hydrogen-bond donors (Lipinski definition) is 4. The minimum Gasteiger partial charge on any atom is -0.349 e. The second-order valence-electron chi connectivity index (χ2n) is 7.44. The van der Waals surface area contributed by atoms with Gasteiger partial charge in [-0.2, -0.15) is 0 Å². The van der Waals surface area contributed by atoms with Crippen molar-refractivity contribution in [2.24, 2.45) is 14.1 Å². The number of pyridine rings is 1. The van der Waals surface area contributed by atoms with Crippen LogP contribution in [0.1, 0.15) is 42.0 Å². The summed E-state index contributed by atoms with van der Waals surface area (Å²) in [5.41, 5.74) is 1.20. The number of aromatic nitrogens is 3. The predicted molar refractivity (Wildman–Crippen MR) is 124 cm³/mol. The first-order valence-electron chi connectivity index (χ1n) is 10.7. The molecule has 0 unspecified atom stereocenters. The van der Waals surface area contributed by atoms with Gasteiger partial charge in [0, 0.05) is 52.7 Å². The maximum absolute atomic E-state index is 12.4. The Hall–Kier alpha value is -4.41. The summed E-state index contributed by atoms with van der Waals surface area (Å²) in [5, 5.41) is 10.8. The number of carbonyl (C=O) groups is 4. The maximum Gasteiger partial charge on any atom is 0.269 e. The number of amides is 4. The van der Waals surface area contributed by atoms with Gasteiger partial charge in [-0.05, 0) is 36.4 Å². The first-order chi connectivity index (χ1) is 16.4. The van der Waals surface area contributed by atoms with Gasteiger partial charge < -0.3 is 30.4 Å². The molecule has 0 bridgehead atoms. The van der Waals surface area contributed by atoms with Gasteiger partial charge in [0.15, 0.2) is 0 Å². The Bertz CT molecular complexity index is 1090. The second-order valence-corrected chi connectivity index (χ2v) is 7.44. The quantitative estimate of drug-likeness (QED) is 0.314. The molecule has 0 aromatic carbocycles. The first kappa shape index (κ1) is 24.2. The van der Waals surface area contributed by atoms with Crippen LogP contribution in [-0.4, -0.2) is 63.9 Å². The molecule has 3 rings (SSSR count). The molecule has 0 spiro atoms. The van der Waals surface area contributed by atoms with Crippen LogP contribution in [0.15, 0.2) is 54.9 Å². The van der Waals surface area contributed by atoms with Crippen LogP contribution in [-0.2, 0) is 14.1 Å². The summed E-state index contributed by atoms with van der Waals surface area (Å²) in [6.07, 6.45) is 3.54. The van der Waals surface area contributed by atoms with Crippen molar-refractivity contribution >= 4 is 23.6 Å². The lowest BCUT2D eigenvalue weighted by atomic mass is 10.2. The van der Waals surface area contributed by atoms with Crippen molar-refractivity contribution in [2.45, 2.75) is 0 Å². The lowest BCUT2D eigenvalue weighted by Crippen LogP contribution is -2.36. The van der Waals surface area contributed by atoms with Crippen molar-refractivity contribution in [2.75, 3.05) is 26.2 Å². The largest absolute Gasteiger partial charge is 0.349 e. The SMILES string of the molecule is Cn1cccc1C(=O)NCCNC(=O)c1cccc(C(=O)NCCNC(=O)c2cccn2C)n1. The van der Waals surface area contributed by atoms with Gasteiger partial charge in [-0.25, -0.2) is 4.98 Å². The molecule has 3 heterocycles.